The van der Waals surface area contributed by atoms with Crippen LogP contribution in [0.5, 0.6) is 0 Å². The van der Waals surface area contributed by atoms with Gasteiger partial charge in [0.25, 0.3) is 5.91 Å². The molecule has 6 heteroatoms. The van der Waals surface area contributed by atoms with Crippen molar-refractivity contribution in [2.75, 3.05) is 0 Å². The van der Waals surface area contributed by atoms with Gasteiger partial charge in [0.2, 0.25) is 0 Å². The molecule has 0 saturated heterocycles. The van der Waals surface area contributed by atoms with E-state index in [1.54, 1.807) is 4.68 Å². The molecule has 0 saturated carbocycles. The summed E-state index contributed by atoms with van der Waals surface area (Å²) in [6.45, 7) is 4.50. The van der Waals surface area contributed by atoms with E-state index < -0.39 is 11.5 Å². The van der Waals surface area contributed by atoms with E-state index in [1.165, 1.54) is 0 Å². The van der Waals surface area contributed by atoms with E-state index in [9.17, 15) is 9.59 Å². The number of rotatable bonds is 8. The fourth-order valence-electron chi connectivity index (χ4n) is 3.27. The summed E-state index contributed by atoms with van der Waals surface area (Å²) >= 11 is 0. The van der Waals surface area contributed by atoms with Gasteiger partial charge in [-0.3, -0.25) is 14.3 Å². The summed E-state index contributed by atoms with van der Waals surface area (Å²) in [6.07, 6.45) is 1.40. The van der Waals surface area contributed by atoms with Gasteiger partial charge < -0.3 is 10.4 Å². The number of aryl methyl sites for hydroxylation is 1. The van der Waals surface area contributed by atoms with Gasteiger partial charge in [-0.05, 0) is 38.3 Å². The lowest BCUT2D eigenvalue weighted by Crippen LogP contribution is -2.41. The molecule has 6 nitrogen and oxygen atoms in total. The summed E-state index contributed by atoms with van der Waals surface area (Å²) in [5, 5.41) is 17.2. The number of carbonyl (C=O) groups excluding carboxylic acids is 1. The summed E-state index contributed by atoms with van der Waals surface area (Å²) in [7, 11) is 0. The molecule has 2 N–H and O–H groups in total. The van der Waals surface area contributed by atoms with Gasteiger partial charge in [-0.25, -0.2) is 0 Å². The van der Waals surface area contributed by atoms with Crippen LogP contribution in [0.25, 0.3) is 10.9 Å². The number of carbonyl (C=O) groups is 2. The van der Waals surface area contributed by atoms with Crippen LogP contribution < -0.4 is 5.32 Å². The monoisotopic (exact) mass is 379 g/mol. The molecule has 146 valence electrons. The molecule has 0 aliphatic carbocycles. The Kier molecular flexibility index (Phi) is 5.78. The minimum Gasteiger partial charge on any atom is -0.481 e. The number of aromatic nitrogens is 2. The number of benzene rings is 2. The molecule has 2 aromatic carbocycles. The van der Waals surface area contributed by atoms with Gasteiger partial charge in [0, 0.05) is 18.4 Å². The molecule has 0 spiro atoms. The third-order valence-electron chi connectivity index (χ3n) is 4.81. The molecule has 1 heterocycles. The number of hydrogen-bond donors (Lipinski definition) is 2. The lowest BCUT2D eigenvalue weighted by atomic mass is 9.94. The van der Waals surface area contributed by atoms with Crippen molar-refractivity contribution in [3.05, 3.63) is 65.9 Å². The summed E-state index contributed by atoms with van der Waals surface area (Å²) in [4.78, 5) is 23.7. The SMILES string of the molecule is CC(C)(NC(=O)c1nn(CCCCC(=O)O)c2ccccc12)c1ccccc1. The summed E-state index contributed by atoms with van der Waals surface area (Å²) in [5.41, 5.74) is 1.74. The Morgan fingerprint density at radius 1 is 1.04 bits per heavy atom. The number of carboxylic acid groups (broad SMARTS) is 1. The minimum atomic E-state index is -0.798. The van der Waals surface area contributed by atoms with Crippen molar-refractivity contribution in [2.45, 2.75) is 45.2 Å². The number of fused-ring (bicyclic) bond motifs is 1. The van der Waals surface area contributed by atoms with Crippen molar-refractivity contribution in [3.8, 4) is 0 Å². The topological polar surface area (TPSA) is 84.2 Å². The summed E-state index contributed by atoms with van der Waals surface area (Å²) in [6, 6.07) is 17.4. The van der Waals surface area contributed by atoms with E-state index in [0.717, 1.165) is 16.5 Å². The fourth-order valence-corrected chi connectivity index (χ4v) is 3.27. The molecule has 1 aromatic heterocycles. The lowest BCUT2D eigenvalue weighted by molar-refractivity contribution is -0.137. The number of unbranched alkanes of at least 4 members (excludes halogenated alkanes) is 1. The van der Waals surface area contributed by atoms with Crippen LogP contribution in [0, 0.1) is 0 Å². The molecule has 0 aliphatic heterocycles. The molecular formula is C22H25N3O3. The Morgan fingerprint density at radius 2 is 1.71 bits per heavy atom. The van der Waals surface area contributed by atoms with E-state index in [1.807, 2.05) is 68.4 Å². The molecule has 0 atom stereocenters. The van der Waals surface area contributed by atoms with Crippen molar-refractivity contribution >= 4 is 22.8 Å². The lowest BCUT2D eigenvalue weighted by Gasteiger charge is -2.26. The molecule has 0 aliphatic rings. The quantitative estimate of drug-likeness (QED) is 0.580. The Labute approximate surface area is 164 Å². The Bertz CT molecular complexity index is 977. The third kappa shape index (κ3) is 4.39. The van der Waals surface area contributed by atoms with Crippen LogP contribution in [0.1, 0.15) is 49.2 Å². The number of amides is 1. The number of para-hydroxylation sites is 1. The van der Waals surface area contributed by atoms with Crippen molar-refractivity contribution in [1.29, 1.82) is 0 Å². The van der Waals surface area contributed by atoms with Crippen LogP contribution in [-0.2, 0) is 16.9 Å². The van der Waals surface area contributed by atoms with E-state index in [4.69, 9.17) is 5.11 Å². The van der Waals surface area contributed by atoms with Gasteiger partial charge in [-0.1, -0.05) is 48.5 Å². The highest BCUT2D eigenvalue weighted by Crippen LogP contribution is 2.23. The molecule has 1 amide bonds. The van der Waals surface area contributed by atoms with Crippen LogP contribution >= 0.6 is 0 Å². The smallest absolute Gasteiger partial charge is 0.303 e. The Morgan fingerprint density at radius 3 is 2.43 bits per heavy atom. The maximum absolute atomic E-state index is 13.0. The average Bonchev–Trinajstić information content (AvgIpc) is 3.04. The second kappa shape index (κ2) is 8.25. The first-order chi connectivity index (χ1) is 13.4. The normalized spacial score (nSPS) is 11.5. The molecule has 0 radical (unpaired) electrons. The average molecular weight is 379 g/mol. The minimum absolute atomic E-state index is 0.137. The second-order valence-electron chi connectivity index (χ2n) is 7.38. The van der Waals surface area contributed by atoms with Gasteiger partial charge in [-0.15, -0.1) is 0 Å². The number of nitrogens with zero attached hydrogens (tertiary/aromatic N) is 2. The third-order valence-corrected chi connectivity index (χ3v) is 4.81. The fraction of sp³-hybridized carbons (Fsp3) is 0.318. The van der Waals surface area contributed by atoms with Crippen LogP contribution in [-0.4, -0.2) is 26.8 Å². The van der Waals surface area contributed by atoms with Crippen LogP contribution in [0.3, 0.4) is 0 Å². The predicted molar refractivity (Wildman–Crippen MR) is 108 cm³/mol. The van der Waals surface area contributed by atoms with Gasteiger partial charge in [0.05, 0.1) is 11.1 Å². The van der Waals surface area contributed by atoms with Gasteiger partial charge in [0.1, 0.15) is 0 Å². The molecule has 28 heavy (non-hydrogen) atoms. The number of carboxylic acids is 1. The van der Waals surface area contributed by atoms with Crippen LogP contribution in [0.4, 0.5) is 0 Å². The van der Waals surface area contributed by atoms with E-state index >= 15 is 0 Å². The van der Waals surface area contributed by atoms with Crippen molar-refractivity contribution in [3.63, 3.8) is 0 Å². The van der Waals surface area contributed by atoms with Gasteiger partial charge in [0.15, 0.2) is 5.69 Å². The second-order valence-corrected chi connectivity index (χ2v) is 7.38. The van der Waals surface area contributed by atoms with E-state index in [0.29, 0.717) is 25.1 Å². The highest BCUT2D eigenvalue weighted by atomic mass is 16.4. The van der Waals surface area contributed by atoms with Crippen LogP contribution in [0.2, 0.25) is 0 Å². The van der Waals surface area contributed by atoms with E-state index in [-0.39, 0.29) is 12.3 Å². The maximum Gasteiger partial charge on any atom is 0.303 e. The van der Waals surface area contributed by atoms with Crippen LogP contribution in [0.15, 0.2) is 54.6 Å². The highest BCUT2D eigenvalue weighted by molar-refractivity contribution is 6.05. The molecule has 3 rings (SSSR count). The summed E-state index contributed by atoms with van der Waals surface area (Å²) < 4.78 is 1.79. The Hall–Kier alpha value is -3.15. The van der Waals surface area contributed by atoms with E-state index in [2.05, 4.69) is 10.4 Å². The molecule has 3 aromatic rings. The first kappa shape index (κ1) is 19.6. The number of hydrogen-bond acceptors (Lipinski definition) is 3. The standard InChI is InChI=1S/C22H25N3O3/c1-22(2,16-10-4-3-5-11-16)23-21(28)20-17-12-6-7-13-18(17)25(24-20)15-9-8-14-19(26)27/h3-7,10-13H,8-9,14-15H2,1-2H3,(H,23,28)(H,26,27). The van der Waals surface area contributed by atoms with Crippen molar-refractivity contribution in [1.82, 2.24) is 15.1 Å². The number of aliphatic carboxylic acids is 1. The van der Waals surface area contributed by atoms with Gasteiger partial charge >= 0.3 is 5.97 Å². The summed E-state index contributed by atoms with van der Waals surface area (Å²) in [5.74, 6) is -1.03. The Balaban J connectivity index is 1.82. The molecular weight excluding hydrogens is 354 g/mol. The first-order valence-electron chi connectivity index (χ1n) is 9.44. The highest BCUT2D eigenvalue weighted by Gasteiger charge is 2.26. The zero-order valence-electron chi connectivity index (χ0n) is 16.2. The molecule has 0 bridgehead atoms. The maximum atomic E-state index is 13.0. The van der Waals surface area contributed by atoms with Crippen molar-refractivity contribution < 1.29 is 14.7 Å². The zero-order valence-corrected chi connectivity index (χ0v) is 16.2. The molecule has 0 unspecified atom stereocenters. The largest absolute Gasteiger partial charge is 0.481 e. The first-order valence-corrected chi connectivity index (χ1v) is 9.44. The van der Waals surface area contributed by atoms with Gasteiger partial charge in [-0.2, -0.15) is 5.10 Å². The predicted octanol–water partition coefficient (Wildman–Crippen LogP) is 3.96. The molecule has 0 fully saturated rings. The van der Waals surface area contributed by atoms with Crippen molar-refractivity contribution in [2.24, 2.45) is 0 Å². The number of nitrogens with one attached hydrogen (secondary N) is 1. The zero-order chi connectivity index (χ0) is 20.1.